The smallest absolute Gasteiger partial charge is 0.277 e. The molecule has 2 aliphatic rings. The maximum absolute atomic E-state index is 12.8. The number of hydrogen-bond acceptors (Lipinski definition) is 3. The molecule has 2 fully saturated rings. The highest BCUT2D eigenvalue weighted by atomic mass is 19.1. The van der Waals surface area contributed by atoms with Crippen LogP contribution in [0.2, 0.25) is 0 Å². The second-order valence-corrected chi connectivity index (χ2v) is 7.33. The molecule has 2 aliphatic carbocycles. The number of amides is 1. The van der Waals surface area contributed by atoms with Crippen LogP contribution in [-0.2, 0) is 4.79 Å². The Kier molecular flexibility index (Phi) is 3.90. The maximum Gasteiger partial charge on any atom is 0.277 e. The van der Waals surface area contributed by atoms with E-state index in [-0.39, 0.29) is 29.2 Å². The number of hydrogen-bond donors (Lipinski definition) is 1. The summed E-state index contributed by atoms with van der Waals surface area (Å²) in [6, 6.07) is 5.58. The van der Waals surface area contributed by atoms with Gasteiger partial charge in [0.2, 0.25) is 0 Å². The fourth-order valence-corrected chi connectivity index (χ4v) is 3.94. The number of carbonyl (C=O) groups is 1. The van der Waals surface area contributed by atoms with E-state index in [4.69, 9.17) is 4.74 Å². The van der Waals surface area contributed by atoms with Crippen LogP contribution in [0.15, 0.2) is 29.4 Å². The van der Waals surface area contributed by atoms with Gasteiger partial charge in [-0.3, -0.25) is 4.79 Å². The molecule has 0 radical (unpaired) electrons. The molecular formula is C18H23FN2O2. The summed E-state index contributed by atoms with van der Waals surface area (Å²) in [7, 11) is 0. The molecule has 1 N–H and O–H groups in total. The van der Waals surface area contributed by atoms with Crippen molar-refractivity contribution in [2.24, 2.45) is 21.8 Å². The Balaban J connectivity index is 1.56. The van der Waals surface area contributed by atoms with Gasteiger partial charge in [-0.25, -0.2) is 9.82 Å². The Labute approximate surface area is 136 Å². The third-order valence-electron chi connectivity index (χ3n) is 6.01. The van der Waals surface area contributed by atoms with Gasteiger partial charge in [-0.1, -0.05) is 20.8 Å². The minimum atomic E-state index is -0.333. The number of rotatable bonds is 4. The lowest BCUT2D eigenvalue weighted by atomic mass is 9.70. The van der Waals surface area contributed by atoms with Gasteiger partial charge in [0.15, 0.2) is 6.61 Å². The standard InChI is InChI=1S/C18H23FN2O2/c1-17(2)12-8-9-18(17,3)15(10-12)20-21-16(22)11-23-14-6-4-13(19)5-7-14/h4-7,12H,8-11H2,1-3H3,(H,21,22)/b20-15+/t12-,18-/m0/s1. The quantitative estimate of drug-likeness (QED) is 0.864. The molecule has 2 bridgehead atoms. The number of nitrogens with one attached hydrogen (secondary N) is 1. The fraction of sp³-hybridized carbons (Fsp3) is 0.556. The van der Waals surface area contributed by atoms with Crippen molar-refractivity contribution in [2.45, 2.75) is 40.0 Å². The van der Waals surface area contributed by atoms with E-state index in [0.29, 0.717) is 11.7 Å². The summed E-state index contributed by atoms with van der Waals surface area (Å²) in [6.07, 6.45) is 3.33. The number of hydrazone groups is 1. The SMILES string of the molecule is CC1(C)[C@H]2CC[C@@]1(C)/C(=N/NC(=O)COc1ccc(F)cc1)C2. The minimum absolute atomic E-state index is 0.0722. The Morgan fingerprint density at radius 2 is 2.04 bits per heavy atom. The van der Waals surface area contributed by atoms with E-state index >= 15 is 0 Å². The number of fused-ring (bicyclic) bond motifs is 2. The Morgan fingerprint density at radius 1 is 1.35 bits per heavy atom. The Morgan fingerprint density at radius 3 is 2.61 bits per heavy atom. The molecule has 124 valence electrons. The van der Waals surface area contributed by atoms with Gasteiger partial charge in [-0.2, -0.15) is 5.10 Å². The first-order chi connectivity index (χ1) is 10.8. The van der Waals surface area contributed by atoms with Gasteiger partial charge in [-0.05, 0) is 54.9 Å². The van der Waals surface area contributed by atoms with Gasteiger partial charge in [0.1, 0.15) is 11.6 Å². The summed E-state index contributed by atoms with van der Waals surface area (Å²) >= 11 is 0. The summed E-state index contributed by atoms with van der Waals surface area (Å²) in [4.78, 5) is 11.9. The molecule has 0 unspecified atom stereocenters. The zero-order valence-corrected chi connectivity index (χ0v) is 13.9. The van der Waals surface area contributed by atoms with E-state index < -0.39 is 0 Å². The molecule has 4 nitrogen and oxygen atoms in total. The van der Waals surface area contributed by atoms with Crippen molar-refractivity contribution in [2.75, 3.05) is 6.61 Å². The van der Waals surface area contributed by atoms with Crippen LogP contribution in [0.5, 0.6) is 5.75 Å². The highest BCUT2D eigenvalue weighted by molar-refractivity contribution is 5.95. The minimum Gasteiger partial charge on any atom is -0.484 e. The number of nitrogens with zero attached hydrogens (tertiary/aromatic N) is 1. The highest BCUT2D eigenvalue weighted by Gasteiger charge is 2.59. The van der Waals surface area contributed by atoms with E-state index in [1.807, 2.05) is 0 Å². The summed E-state index contributed by atoms with van der Waals surface area (Å²) in [5, 5.41) is 4.38. The van der Waals surface area contributed by atoms with Crippen LogP contribution in [0.3, 0.4) is 0 Å². The van der Waals surface area contributed by atoms with Crippen LogP contribution in [0, 0.1) is 22.6 Å². The van der Waals surface area contributed by atoms with Crippen molar-refractivity contribution in [1.29, 1.82) is 0 Å². The van der Waals surface area contributed by atoms with Crippen LogP contribution in [0.4, 0.5) is 4.39 Å². The van der Waals surface area contributed by atoms with Crippen molar-refractivity contribution < 1.29 is 13.9 Å². The van der Waals surface area contributed by atoms with Crippen molar-refractivity contribution in [1.82, 2.24) is 5.43 Å². The van der Waals surface area contributed by atoms with Crippen molar-refractivity contribution in [3.8, 4) is 5.75 Å². The lowest BCUT2D eigenvalue weighted by molar-refractivity contribution is -0.123. The van der Waals surface area contributed by atoms with E-state index in [0.717, 1.165) is 18.6 Å². The zero-order chi connectivity index (χ0) is 16.7. The molecule has 1 aromatic carbocycles. The van der Waals surface area contributed by atoms with Crippen molar-refractivity contribution in [3.05, 3.63) is 30.1 Å². The van der Waals surface area contributed by atoms with Gasteiger partial charge in [0, 0.05) is 11.1 Å². The predicted octanol–water partition coefficient (Wildman–Crippen LogP) is 3.52. The van der Waals surface area contributed by atoms with E-state index in [1.54, 1.807) is 0 Å². The van der Waals surface area contributed by atoms with Crippen LogP contribution in [0.1, 0.15) is 40.0 Å². The molecule has 3 rings (SSSR count). The van der Waals surface area contributed by atoms with Crippen molar-refractivity contribution in [3.63, 3.8) is 0 Å². The molecule has 0 aromatic heterocycles. The molecule has 2 saturated carbocycles. The summed E-state index contributed by atoms with van der Waals surface area (Å²) in [6.45, 7) is 6.71. The Bertz CT molecular complexity index is 639. The van der Waals surface area contributed by atoms with E-state index in [1.165, 1.54) is 30.7 Å². The van der Waals surface area contributed by atoms with Crippen LogP contribution >= 0.6 is 0 Å². The predicted molar refractivity (Wildman–Crippen MR) is 86.7 cm³/mol. The normalized spacial score (nSPS) is 29.7. The maximum atomic E-state index is 12.8. The molecule has 5 heteroatoms. The average Bonchev–Trinajstić information content (AvgIpc) is 2.85. The van der Waals surface area contributed by atoms with Crippen LogP contribution in [0.25, 0.3) is 0 Å². The zero-order valence-electron chi connectivity index (χ0n) is 13.9. The molecular weight excluding hydrogens is 295 g/mol. The van der Waals surface area contributed by atoms with Gasteiger partial charge in [0.05, 0.1) is 0 Å². The number of halogens is 1. The first kappa shape index (κ1) is 16.0. The van der Waals surface area contributed by atoms with Crippen LogP contribution in [-0.4, -0.2) is 18.2 Å². The van der Waals surface area contributed by atoms with Crippen molar-refractivity contribution >= 4 is 11.6 Å². The van der Waals surface area contributed by atoms with Gasteiger partial charge < -0.3 is 4.74 Å². The van der Waals surface area contributed by atoms with Gasteiger partial charge >= 0.3 is 0 Å². The molecule has 0 spiro atoms. The third kappa shape index (κ3) is 2.73. The Hall–Kier alpha value is -1.91. The molecule has 0 saturated heterocycles. The molecule has 0 heterocycles. The number of ether oxygens (including phenoxy) is 1. The lowest BCUT2D eigenvalue weighted by Crippen LogP contribution is -2.35. The molecule has 1 amide bonds. The molecule has 1 aromatic rings. The summed E-state index contributed by atoms with van der Waals surface area (Å²) in [5.74, 6) is 0.479. The molecule has 23 heavy (non-hydrogen) atoms. The van der Waals surface area contributed by atoms with E-state index in [9.17, 15) is 9.18 Å². The first-order valence-electron chi connectivity index (χ1n) is 8.07. The second kappa shape index (κ2) is 5.62. The lowest BCUT2D eigenvalue weighted by Gasteiger charge is -2.34. The fourth-order valence-electron chi connectivity index (χ4n) is 3.94. The summed E-state index contributed by atoms with van der Waals surface area (Å²) in [5.41, 5.74) is 4.01. The van der Waals surface area contributed by atoms with E-state index in [2.05, 4.69) is 31.3 Å². The van der Waals surface area contributed by atoms with Gasteiger partial charge in [0.25, 0.3) is 5.91 Å². The molecule has 0 aliphatic heterocycles. The summed E-state index contributed by atoms with van der Waals surface area (Å²) < 4.78 is 18.1. The monoisotopic (exact) mass is 318 g/mol. The highest BCUT2D eigenvalue weighted by Crippen LogP contribution is 2.63. The van der Waals surface area contributed by atoms with Crippen LogP contribution < -0.4 is 10.2 Å². The first-order valence-corrected chi connectivity index (χ1v) is 8.07. The second-order valence-electron chi connectivity index (χ2n) is 7.33. The average molecular weight is 318 g/mol. The molecule has 2 atom stereocenters. The number of benzene rings is 1. The third-order valence-corrected chi connectivity index (χ3v) is 6.01. The largest absolute Gasteiger partial charge is 0.484 e. The number of carbonyl (C=O) groups excluding carboxylic acids is 1. The topological polar surface area (TPSA) is 50.7 Å². The van der Waals surface area contributed by atoms with Gasteiger partial charge in [-0.15, -0.1) is 0 Å².